The van der Waals surface area contributed by atoms with E-state index >= 15 is 0 Å². The van der Waals surface area contributed by atoms with Crippen LogP contribution in [0.25, 0.3) is 0 Å². The molecule has 1 heterocycles. The summed E-state index contributed by atoms with van der Waals surface area (Å²) in [4.78, 5) is 24.6. The maximum atomic E-state index is 13.2. The molecule has 2 fully saturated rings. The number of piperidine rings is 1. The first-order valence-corrected chi connectivity index (χ1v) is 7.28. The molecule has 1 saturated carbocycles. The lowest BCUT2D eigenvalue weighted by Crippen LogP contribution is -2.54. The van der Waals surface area contributed by atoms with E-state index in [4.69, 9.17) is 5.73 Å². The predicted octanol–water partition coefficient (Wildman–Crippen LogP) is 1.92. The molecule has 2 rings (SSSR count). The third kappa shape index (κ3) is 3.27. The summed E-state index contributed by atoms with van der Waals surface area (Å²) in [6, 6.07) is -0.109. The average Bonchev–Trinajstić information content (AvgIpc) is 2.38. The maximum Gasteiger partial charge on any atom is 0.311 e. The van der Waals surface area contributed by atoms with Gasteiger partial charge in [-0.1, -0.05) is 6.92 Å². The van der Waals surface area contributed by atoms with E-state index < -0.39 is 17.7 Å². The van der Waals surface area contributed by atoms with Gasteiger partial charge in [-0.05, 0) is 37.5 Å². The monoisotopic (exact) mass is 288 g/mol. The summed E-state index contributed by atoms with van der Waals surface area (Å²) < 4.78 is 26.5. The lowest BCUT2D eigenvalue weighted by atomic mass is 9.77. The Bertz CT molecular complexity index is 391. The van der Waals surface area contributed by atoms with Gasteiger partial charge in [0, 0.05) is 25.4 Å². The molecule has 0 spiro atoms. The van der Waals surface area contributed by atoms with E-state index in [-0.39, 0.29) is 24.8 Å². The highest BCUT2D eigenvalue weighted by molar-refractivity contribution is 6.34. The van der Waals surface area contributed by atoms with Gasteiger partial charge in [-0.2, -0.15) is 0 Å². The summed E-state index contributed by atoms with van der Waals surface area (Å²) in [5.41, 5.74) is 5.10. The van der Waals surface area contributed by atoms with Crippen molar-refractivity contribution in [2.45, 2.75) is 57.4 Å². The summed E-state index contributed by atoms with van der Waals surface area (Å²) >= 11 is 0. The van der Waals surface area contributed by atoms with Crippen molar-refractivity contribution in [3.63, 3.8) is 0 Å². The number of primary amides is 1. The second-order valence-corrected chi connectivity index (χ2v) is 6.27. The van der Waals surface area contributed by atoms with Crippen LogP contribution in [0.2, 0.25) is 0 Å². The standard InChI is InChI=1S/C14H22F2N2O2/c1-9-2-3-11(18(8-9)13(20)12(17)19)10-4-6-14(15,16)7-5-10/h9-11H,2-8H2,1H3,(H2,17,19). The number of halogens is 2. The van der Waals surface area contributed by atoms with E-state index in [0.717, 1.165) is 12.8 Å². The van der Waals surface area contributed by atoms with Crippen LogP contribution < -0.4 is 5.73 Å². The van der Waals surface area contributed by atoms with Crippen molar-refractivity contribution in [1.82, 2.24) is 4.90 Å². The van der Waals surface area contributed by atoms with Gasteiger partial charge in [0.2, 0.25) is 5.92 Å². The summed E-state index contributed by atoms with van der Waals surface area (Å²) in [6.45, 7) is 2.52. The maximum absolute atomic E-state index is 13.2. The molecule has 20 heavy (non-hydrogen) atoms. The van der Waals surface area contributed by atoms with E-state index in [0.29, 0.717) is 25.3 Å². The Morgan fingerprint density at radius 3 is 2.30 bits per heavy atom. The van der Waals surface area contributed by atoms with Gasteiger partial charge < -0.3 is 10.6 Å². The van der Waals surface area contributed by atoms with Crippen LogP contribution in [0, 0.1) is 11.8 Å². The van der Waals surface area contributed by atoms with Crippen molar-refractivity contribution in [2.75, 3.05) is 6.54 Å². The largest absolute Gasteiger partial charge is 0.361 e. The molecule has 0 bridgehead atoms. The molecule has 6 heteroatoms. The second-order valence-electron chi connectivity index (χ2n) is 6.27. The Morgan fingerprint density at radius 1 is 1.15 bits per heavy atom. The minimum Gasteiger partial charge on any atom is -0.361 e. The number of likely N-dealkylation sites (tertiary alicyclic amines) is 1. The molecule has 0 aromatic carbocycles. The molecular weight excluding hydrogens is 266 g/mol. The Kier molecular flexibility index (Phi) is 4.30. The van der Waals surface area contributed by atoms with Crippen molar-refractivity contribution >= 4 is 11.8 Å². The van der Waals surface area contributed by atoms with E-state index in [1.807, 2.05) is 6.92 Å². The number of nitrogens with zero attached hydrogens (tertiary/aromatic N) is 1. The third-order valence-corrected chi connectivity index (χ3v) is 4.64. The van der Waals surface area contributed by atoms with Gasteiger partial charge in [-0.3, -0.25) is 9.59 Å². The van der Waals surface area contributed by atoms with Gasteiger partial charge in [0.25, 0.3) is 0 Å². The fourth-order valence-corrected chi connectivity index (χ4v) is 3.49. The van der Waals surface area contributed by atoms with Gasteiger partial charge in [0.15, 0.2) is 0 Å². The van der Waals surface area contributed by atoms with Crippen LogP contribution in [0.15, 0.2) is 0 Å². The summed E-state index contributed by atoms with van der Waals surface area (Å²) in [7, 11) is 0. The molecule has 2 aliphatic rings. The zero-order chi connectivity index (χ0) is 14.9. The third-order valence-electron chi connectivity index (χ3n) is 4.64. The Morgan fingerprint density at radius 2 is 1.75 bits per heavy atom. The van der Waals surface area contributed by atoms with Crippen LogP contribution in [0.4, 0.5) is 8.78 Å². The smallest absolute Gasteiger partial charge is 0.311 e. The fourth-order valence-electron chi connectivity index (χ4n) is 3.49. The first-order valence-electron chi connectivity index (χ1n) is 7.28. The van der Waals surface area contributed by atoms with Crippen molar-refractivity contribution in [1.29, 1.82) is 0 Å². The van der Waals surface area contributed by atoms with Crippen LogP contribution in [-0.2, 0) is 9.59 Å². The van der Waals surface area contributed by atoms with Crippen molar-refractivity contribution in [3.8, 4) is 0 Å². The van der Waals surface area contributed by atoms with Gasteiger partial charge in [0.1, 0.15) is 0 Å². The fraction of sp³-hybridized carbons (Fsp3) is 0.857. The molecule has 114 valence electrons. The second kappa shape index (κ2) is 5.66. The molecule has 2 N–H and O–H groups in total. The SMILES string of the molecule is CC1CCC(C2CCC(F)(F)CC2)N(C(=O)C(N)=O)C1. The van der Waals surface area contributed by atoms with E-state index in [1.54, 1.807) is 0 Å². The number of hydrogen-bond donors (Lipinski definition) is 1. The van der Waals surface area contributed by atoms with Crippen LogP contribution in [0.3, 0.4) is 0 Å². The highest BCUT2D eigenvalue weighted by Crippen LogP contribution is 2.41. The lowest BCUT2D eigenvalue weighted by Gasteiger charge is -2.44. The summed E-state index contributed by atoms with van der Waals surface area (Å²) in [5, 5.41) is 0. The normalized spacial score (nSPS) is 31.1. The summed E-state index contributed by atoms with van der Waals surface area (Å²) in [5.74, 6) is -3.81. The minimum atomic E-state index is -2.57. The number of amides is 2. The van der Waals surface area contributed by atoms with Crippen LogP contribution in [-0.4, -0.2) is 35.2 Å². The topological polar surface area (TPSA) is 63.4 Å². The zero-order valence-corrected chi connectivity index (χ0v) is 11.8. The number of carbonyl (C=O) groups is 2. The van der Waals surface area contributed by atoms with Gasteiger partial charge in [0.05, 0.1) is 0 Å². The molecule has 2 unspecified atom stereocenters. The number of hydrogen-bond acceptors (Lipinski definition) is 2. The van der Waals surface area contributed by atoms with Crippen molar-refractivity contribution in [2.24, 2.45) is 17.6 Å². The number of rotatable bonds is 1. The molecule has 0 aromatic rings. The van der Waals surface area contributed by atoms with E-state index in [1.165, 1.54) is 4.90 Å². The van der Waals surface area contributed by atoms with Crippen molar-refractivity contribution in [3.05, 3.63) is 0 Å². The van der Waals surface area contributed by atoms with E-state index in [9.17, 15) is 18.4 Å². The molecule has 0 radical (unpaired) electrons. The van der Waals surface area contributed by atoms with Gasteiger partial charge in [-0.25, -0.2) is 8.78 Å². The van der Waals surface area contributed by atoms with Crippen LogP contribution in [0.5, 0.6) is 0 Å². The van der Waals surface area contributed by atoms with Crippen LogP contribution in [0.1, 0.15) is 45.4 Å². The first-order chi connectivity index (χ1) is 9.30. The highest BCUT2D eigenvalue weighted by Gasteiger charge is 2.42. The molecule has 1 aliphatic carbocycles. The zero-order valence-electron chi connectivity index (χ0n) is 11.8. The molecule has 1 aliphatic heterocycles. The van der Waals surface area contributed by atoms with Gasteiger partial charge in [-0.15, -0.1) is 0 Å². The molecule has 0 aromatic heterocycles. The molecule has 4 nitrogen and oxygen atoms in total. The Balaban J connectivity index is 2.08. The molecule has 1 saturated heterocycles. The Hall–Kier alpha value is -1.20. The minimum absolute atomic E-state index is 0.0606. The number of alkyl halides is 2. The quantitative estimate of drug-likeness (QED) is 0.749. The molecule has 2 atom stereocenters. The molecule has 2 amide bonds. The molecular formula is C14H22F2N2O2. The average molecular weight is 288 g/mol. The Labute approximate surface area is 117 Å². The predicted molar refractivity (Wildman–Crippen MR) is 70.0 cm³/mol. The first kappa shape index (κ1) is 15.2. The van der Waals surface area contributed by atoms with Gasteiger partial charge >= 0.3 is 11.8 Å². The lowest BCUT2D eigenvalue weighted by molar-refractivity contribution is -0.149. The number of nitrogens with two attached hydrogens (primary N) is 1. The highest BCUT2D eigenvalue weighted by atomic mass is 19.3. The van der Waals surface area contributed by atoms with E-state index in [2.05, 4.69) is 0 Å². The van der Waals surface area contributed by atoms with Crippen molar-refractivity contribution < 1.29 is 18.4 Å². The summed E-state index contributed by atoms with van der Waals surface area (Å²) in [6.07, 6.45) is 2.31. The van der Waals surface area contributed by atoms with Crippen LogP contribution >= 0.6 is 0 Å². The number of carbonyl (C=O) groups excluding carboxylic acids is 2.